The lowest BCUT2D eigenvalue weighted by Gasteiger charge is -2.21. The monoisotopic (exact) mass is 372 g/mol. The van der Waals surface area contributed by atoms with Gasteiger partial charge in [-0.3, -0.25) is 4.79 Å². The number of amides is 1. The van der Waals surface area contributed by atoms with E-state index in [1.807, 2.05) is 33.8 Å². The number of carbonyl (C=O) groups is 1. The smallest absolute Gasteiger partial charge is 0.257 e. The molecule has 0 unspecified atom stereocenters. The fraction of sp³-hybridized carbons (Fsp3) is 0.500. The van der Waals surface area contributed by atoms with Gasteiger partial charge in [-0.2, -0.15) is 5.10 Å². The van der Waals surface area contributed by atoms with Crippen molar-refractivity contribution in [3.8, 4) is 5.69 Å². The molecule has 0 spiro atoms. The third-order valence-electron chi connectivity index (χ3n) is 5.79. The summed E-state index contributed by atoms with van der Waals surface area (Å²) in [5.41, 5.74) is 2.56. The van der Waals surface area contributed by atoms with E-state index in [2.05, 4.69) is 17.3 Å². The first-order chi connectivity index (χ1) is 12.7. The van der Waals surface area contributed by atoms with Crippen molar-refractivity contribution in [2.24, 2.45) is 11.8 Å². The standard InChI is InChI=1S/C20H25ClN4O/c1-2-19-18(13-23-25(19)17-5-3-4-16(21)10-17)20(26)24-8-6-14-11-22-12-15(14)7-9-24/h3-5,10,13-15,22H,2,6-9,11-12H2,1H3/t14-,15+. The average Bonchev–Trinajstić information content (AvgIpc) is 3.23. The highest BCUT2D eigenvalue weighted by molar-refractivity contribution is 6.30. The Morgan fingerprint density at radius 2 is 2.00 bits per heavy atom. The molecule has 6 heteroatoms. The lowest BCUT2D eigenvalue weighted by atomic mass is 9.92. The summed E-state index contributed by atoms with van der Waals surface area (Å²) < 4.78 is 1.84. The second kappa shape index (κ2) is 7.41. The van der Waals surface area contributed by atoms with Crippen LogP contribution in [0.4, 0.5) is 0 Å². The van der Waals surface area contributed by atoms with Gasteiger partial charge in [0.25, 0.3) is 5.91 Å². The van der Waals surface area contributed by atoms with Crippen molar-refractivity contribution < 1.29 is 4.79 Å². The maximum absolute atomic E-state index is 13.2. The molecule has 0 aliphatic carbocycles. The normalized spacial score (nSPS) is 22.9. The van der Waals surface area contributed by atoms with Crippen LogP contribution in [0, 0.1) is 11.8 Å². The number of benzene rings is 1. The number of rotatable bonds is 3. The van der Waals surface area contributed by atoms with Crippen molar-refractivity contribution in [1.29, 1.82) is 0 Å². The van der Waals surface area contributed by atoms with Gasteiger partial charge in [-0.1, -0.05) is 24.6 Å². The molecule has 1 amide bonds. The minimum absolute atomic E-state index is 0.114. The Morgan fingerprint density at radius 3 is 2.65 bits per heavy atom. The summed E-state index contributed by atoms with van der Waals surface area (Å²) in [5, 5.41) is 8.65. The Hall–Kier alpha value is -1.85. The molecule has 2 aliphatic heterocycles. The van der Waals surface area contributed by atoms with Crippen LogP contribution in [0.5, 0.6) is 0 Å². The second-order valence-electron chi connectivity index (χ2n) is 7.30. The first-order valence-electron chi connectivity index (χ1n) is 9.50. The van der Waals surface area contributed by atoms with Crippen LogP contribution in [0.25, 0.3) is 5.69 Å². The maximum Gasteiger partial charge on any atom is 0.257 e. The van der Waals surface area contributed by atoms with Gasteiger partial charge in [0.2, 0.25) is 0 Å². The Morgan fingerprint density at radius 1 is 1.27 bits per heavy atom. The number of nitrogens with one attached hydrogen (secondary N) is 1. The third kappa shape index (κ3) is 3.26. The van der Waals surface area contributed by atoms with E-state index < -0.39 is 0 Å². The van der Waals surface area contributed by atoms with Crippen molar-refractivity contribution in [2.45, 2.75) is 26.2 Å². The molecule has 0 radical (unpaired) electrons. The Balaban J connectivity index is 1.58. The summed E-state index contributed by atoms with van der Waals surface area (Å²) in [6.07, 6.45) is 4.65. The number of hydrogen-bond donors (Lipinski definition) is 1. The number of likely N-dealkylation sites (tertiary alicyclic amines) is 1. The van der Waals surface area contributed by atoms with E-state index in [0.717, 1.165) is 62.4 Å². The van der Waals surface area contributed by atoms with Gasteiger partial charge in [-0.25, -0.2) is 4.68 Å². The highest BCUT2D eigenvalue weighted by Crippen LogP contribution is 2.28. The first kappa shape index (κ1) is 17.6. The van der Waals surface area contributed by atoms with Crippen LogP contribution in [0.3, 0.4) is 0 Å². The van der Waals surface area contributed by atoms with E-state index in [-0.39, 0.29) is 5.91 Å². The molecule has 26 heavy (non-hydrogen) atoms. The zero-order valence-corrected chi connectivity index (χ0v) is 15.9. The number of carbonyl (C=O) groups excluding carboxylic acids is 1. The number of nitrogens with zero attached hydrogens (tertiary/aromatic N) is 3. The predicted octanol–water partition coefficient (Wildman–Crippen LogP) is 3.16. The largest absolute Gasteiger partial charge is 0.339 e. The Labute approximate surface area is 159 Å². The van der Waals surface area contributed by atoms with E-state index >= 15 is 0 Å². The molecule has 2 aliphatic rings. The van der Waals surface area contributed by atoms with E-state index in [4.69, 9.17) is 11.6 Å². The van der Waals surface area contributed by atoms with Crippen LogP contribution >= 0.6 is 11.6 Å². The Bertz CT molecular complexity index is 789. The molecule has 1 N–H and O–H groups in total. The van der Waals surface area contributed by atoms with E-state index in [9.17, 15) is 4.79 Å². The van der Waals surface area contributed by atoms with Crippen molar-refractivity contribution in [2.75, 3.05) is 26.2 Å². The quantitative estimate of drug-likeness (QED) is 0.900. The van der Waals surface area contributed by atoms with Gasteiger partial charge < -0.3 is 10.2 Å². The first-order valence-corrected chi connectivity index (χ1v) is 9.88. The predicted molar refractivity (Wildman–Crippen MR) is 103 cm³/mol. The highest BCUT2D eigenvalue weighted by atomic mass is 35.5. The highest BCUT2D eigenvalue weighted by Gasteiger charge is 2.32. The van der Waals surface area contributed by atoms with Crippen molar-refractivity contribution in [1.82, 2.24) is 20.0 Å². The van der Waals surface area contributed by atoms with Gasteiger partial charge in [-0.05, 0) is 62.4 Å². The topological polar surface area (TPSA) is 50.2 Å². The molecule has 2 saturated heterocycles. The average molecular weight is 373 g/mol. The molecule has 0 saturated carbocycles. The van der Waals surface area contributed by atoms with Crippen molar-refractivity contribution >= 4 is 17.5 Å². The number of aromatic nitrogens is 2. The van der Waals surface area contributed by atoms with Gasteiger partial charge in [-0.15, -0.1) is 0 Å². The summed E-state index contributed by atoms with van der Waals surface area (Å²) in [6, 6.07) is 7.59. The molecule has 4 rings (SSSR count). The fourth-order valence-corrected chi connectivity index (χ4v) is 4.50. The Kier molecular flexibility index (Phi) is 5.00. The van der Waals surface area contributed by atoms with Crippen molar-refractivity contribution in [3.63, 3.8) is 0 Å². The zero-order chi connectivity index (χ0) is 18.1. The summed E-state index contributed by atoms with van der Waals surface area (Å²) in [6.45, 7) is 5.94. The SMILES string of the molecule is CCc1c(C(=O)N2CC[C@@H]3CNC[C@@H]3CC2)cnn1-c1cccc(Cl)c1. The summed E-state index contributed by atoms with van der Waals surface area (Å²) >= 11 is 6.12. The fourth-order valence-electron chi connectivity index (χ4n) is 4.31. The summed E-state index contributed by atoms with van der Waals surface area (Å²) in [5.74, 6) is 1.54. The molecule has 5 nitrogen and oxygen atoms in total. The molecule has 2 aromatic rings. The molecule has 0 bridgehead atoms. The second-order valence-corrected chi connectivity index (χ2v) is 7.73. The lowest BCUT2D eigenvalue weighted by Crippen LogP contribution is -2.33. The molecule has 1 aromatic heterocycles. The van der Waals surface area contributed by atoms with Crippen LogP contribution in [-0.2, 0) is 6.42 Å². The molecular weight excluding hydrogens is 348 g/mol. The van der Waals surface area contributed by atoms with E-state index in [0.29, 0.717) is 16.9 Å². The van der Waals surface area contributed by atoms with Gasteiger partial charge in [0.15, 0.2) is 0 Å². The lowest BCUT2D eigenvalue weighted by molar-refractivity contribution is 0.0757. The van der Waals surface area contributed by atoms with Crippen LogP contribution in [0.15, 0.2) is 30.5 Å². The number of halogens is 1. The van der Waals surface area contributed by atoms with E-state index in [1.54, 1.807) is 6.20 Å². The molecule has 1 aromatic carbocycles. The number of fused-ring (bicyclic) bond motifs is 1. The minimum atomic E-state index is 0.114. The minimum Gasteiger partial charge on any atom is -0.339 e. The van der Waals surface area contributed by atoms with Gasteiger partial charge in [0.1, 0.15) is 0 Å². The van der Waals surface area contributed by atoms with Crippen LogP contribution in [-0.4, -0.2) is 46.8 Å². The zero-order valence-electron chi connectivity index (χ0n) is 15.1. The van der Waals surface area contributed by atoms with Crippen LogP contribution in [0.2, 0.25) is 5.02 Å². The van der Waals surface area contributed by atoms with Crippen LogP contribution < -0.4 is 5.32 Å². The number of hydrogen-bond acceptors (Lipinski definition) is 3. The molecule has 138 valence electrons. The van der Waals surface area contributed by atoms with Crippen LogP contribution in [0.1, 0.15) is 35.8 Å². The summed E-state index contributed by atoms with van der Waals surface area (Å²) in [4.78, 5) is 15.2. The molecule has 2 fully saturated rings. The molecule has 2 atom stereocenters. The van der Waals surface area contributed by atoms with Gasteiger partial charge in [0.05, 0.1) is 23.1 Å². The van der Waals surface area contributed by atoms with Crippen molar-refractivity contribution in [3.05, 3.63) is 46.7 Å². The van der Waals surface area contributed by atoms with E-state index in [1.165, 1.54) is 0 Å². The molecular formula is C20H25ClN4O. The third-order valence-corrected chi connectivity index (χ3v) is 6.03. The van der Waals surface area contributed by atoms with Gasteiger partial charge in [0, 0.05) is 18.1 Å². The maximum atomic E-state index is 13.2. The summed E-state index contributed by atoms with van der Waals surface area (Å²) in [7, 11) is 0. The van der Waals surface area contributed by atoms with Gasteiger partial charge >= 0.3 is 0 Å². The molecule has 3 heterocycles.